The zero-order chi connectivity index (χ0) is 17.9. The smallest absolute Gasteiger partial charge is 0.338 e. The lowest BCUT2D eigenvalue weighted by Crippen LogP contribution is -2.06. The summed E-state index contributed by atoms with van der Waals surface area (Å²) < 4.78 is 5.76. The van der Waals surface area contributed by atoms with Crippen molar-refractivity contribution in [2.45, 2.75) is 13.2 Å². The van der Waals surface area contributed by atoms with Crippen molar-refractivity contribution in [2.24, 2.45) is 0 Å². The molecule has 7 nitrogen and oxygen atoms in total. The number of anilines is 3. The van der Waals surface area contributed by atoms with Gasteiger partial charge in [0.2, 0.25) is 5.95 Å². The molecule has 8 heteroatoms. The second-order valence-electron chi connectivity index (χ2n) is 5.64. The van der Waals surface area contributed by atoms with Crippen molar-refractivity contribution in [1.82, 2.24) is 15.0 Å². The lowest BCUT2D eigenvalue weighted by atomic mass is 10.1. The van der Waals surface area contributed by atoms with Crippen LogP contribution in [0.5, 0.6) is 0 Å². The molecule has 0 saturated heterocycles. The normalized spacial score (nSPS) is 12.4. The number of carbonyl (C=O) groups excluding carboxylic acids is 1. The van der Waals surface area contributed by atoms with Crippen LogP contribution in [-0.4, -0.2) is 20.9 Å². The minimum atomic E-state index is -0.307. The summed E-state index contributed by atoms with van der Waals surface area (Å²) in [6.07, 6.45) is 3.41. The van der Waals surface area contributed by atoms with Crippen molar-refractivity contribution in [1.29, 1.82) is 0 Å². The first-order chi connectivity index (χ1) is 12.7. The van der Waals surface area contributed by atoms with E-state index in [2.05, 4.69) is 41.5 Å². The van der Waals surface area contributed by atoms with E-state index in [4.69, 9.17) is 4.74 Å². The molecule has 4 rings (SSSR count). The zero-order valence-electron chi connectivity index (χ0n) is 13.6. The fourth-order valence-corrected chi connectivity index (χ4v) is 2.88. The van der Waals surface area contributed by atoms with Gasteiger partial charge in [-0.05, 0) is 40.2 Å². The molecule has 3 aromatic rings. The number of nitrogens with one attached hydrogen (secondary N) is 2. The molecule has 3 heterocycles. The second-order valence-corrected chi connectivity index (χ2v) is 6.49. The van der Waals surface area contributed by atoms with E-state index < -0.39 is 0 Å². The van der Waals surface area contributed by atoms with E-state index >= 15 is 0 Å². The number of cyclic esters (lactones) is 1. The topological polar surface area (TPSA) is 89.0 Å². The first kappa shape index (κ1) is 16.5. The van der Waals surface area contributed by atoms with Crippen molar-refractivity contribution in [3.63, 3.8) is 0 Å². The molecule has 1 aliphatic rings. The number of hydrogen-bond donors (Lipinski definition) is 2. The number of esters is 1. The highest BCUT2D eigenvalue weighted by Gasteiger charge is 2.21. The van der Waals surface area contributed by atoms with Gasteiger partial charge in [-0.3, -0.25) is 4.98 Å². The molecule has 0 spiro atoms. The van der Waals surface area contributed by atoms with Gasteiger partial charge in [-0.15, -0.1) is 0 Å². The molecule has 0 aliphatic carbocycles. The quantitative estimate of drug-likeness (QED) is 0.619. The Morgan fingerprint density at radius 1 is 1.19 bits per heavy atom. The predicted molar refractivity (Wildman–Crippen MR) is 100 cm³/mol. The van der Waals surface area contributed by atoms with Crippen molar-refractivity contribution in [3.05, 3.63) is 70.1 Å². The van der Waals surface area contributed by atoms with Gasteiger partial charge in [0.15, 0.2) is 0 Å². The summed E-state index contributed by atoms with van der Waals surface area (Å²) in [4.78, 5) is 24.7. The van der Waals surface area contributed by atoms with E-state index in [9.17, 15) is 4.79 Å². The molecular formula is C18H14BrN5O2. The van der Waals surface area contributed by atoms with Crippen molar-refractivity contribution >= 4 is 39.4 Å². The van der Waals surface area contributed by atoms with Crippen LogP contribution >= 0.6 is 15.9 Å². The van der Waals surface area contributed by atoms with Crippen LogP contribution in [0.4, 0.5) is 17.5 Å². The molecule has 0 saturated carbocycles. The first-order valence-electron chi connectivity index (χ1n) is 7.92. The van der Waals surface area contributed by atoms with Gasteiger partial charge in [0.05, 0.1) is 22.3 Å². The van der Waals surface area contributed by atoms with E-state index in [-0.39, 0.29) is 5.97 Å². The van der Waals surface area contributed by atoms with Gasteiger partial charge in [-0.1, -0.05) is 12.1 Å². The van der Waals surface area contributed by atoms with E-state index in [1.54, 1.807) is 18.5 Å². The molecule has 130 valence electrons. The average molecular weight is 412 g/mol. The Kier molecular flexibility index (Phi) is 4.49. The number of rotatable bonds is 5. The van der Waals surface area contributed by atoms with Crippen LogP contribution < -0.4 is 10.6 Å². The predicted octanol–water partition coefficient (Wildman–Crippen LogP) is 3.66. The summed E-state index contributed by atoms with van der Waals surface area (Å²) in [5, 5.41) is 6.34. The summed E-state index contributed by atoms with van der Waals surface area (Å²) >= 11 is 3.44. The number of benzene rings is 1. The van der Waals surface area contributed by atoms with Crippen LogP contribution in [0.15, 0.2) is 53.3 Å². The maximum absolute atomic E-state index is 11.7. The van der Waals surface area contributed by atoms with E-state index in [1.807, 2.05) is 30.3 Å². The van der Waals surface area contributed by atoms with E-state index in [0.29, 0.717) is 30.5 Å². The number of halogens is 1. The largest absolute Gasteiger partial charge is 0.457 e. The number of carbonyl (C=O) groups is 1. The van der Waals surface area contributed by atoms with Crippen molar-refractivity contribution < 1.29 is 9.53 Å². The minimum absolute atomic E-state index is 0.307. The molecule has 2 aromatic heterocycles. The van der Waals surface area contributed by atoms with Crippen molar-refractivity contribution in [2.75, 3.05) is 10.6 Å². The zero-order valence-corrected chi connectivity index (χ0v) is 15.2. The van der Waals surface area contributed by atoms with Crippen LogP contribution in [0.25, 0.3) is 0 Å². The Hall–Kier alpha value is -3.00. The van der Waals surface area contributed by atoms with Gasteiger partial charge in [0.1, 0.15) is 12.4 Å². The summed E-state index contributed by atoms with van der Waals surface area (Å²) in [5.74, 6) is 0.759. The third-order valence-corrected chi connectivity index (χ3v) is 4.43. The molecule has 0 atom stereocenters. The van der Waals surface area contributed by atoms with Gasteiger partial charge in [-0.25, -0.2) is 9.78 Å². The van der Waals surface area contributed by atoms with E-state index in [0.717, 1.165) is 21.4 Å². The highest BCUT2D eigenvalue weighted by Crippen LogP contribution is 2.26. The van der Waals surface area contributed by atoms with Gasteiger partial charge < -0.3 is 15.4 Å². The molecule has 1 aromatic carbocycles. The standard InChI is InChI=1S/C18H14BrN5O2/c19-15-9-22-18(24-16(15)21-8-13-3-1-2-6-20-13)23-12-5-4-11-10-26-17(25)14(11)7-12/h1-7,9H,8,10H2,(H2,21,22,23,24). The molecule has 0 bridgehead atoms. The van der Waals surface area contributed by atoms with Gasteiger partial charge in [0, 0.05) is 23.6 Å². The maximum Gasteiger partial charge on any atom is 0.338 e. The molecule has 0 fully saturated rings. The minimum Gasteiger partial charge on any atom is -0.457 e. The Morgan fingerprint density at radius 3 is 2.96 bits per heavy atom. The Balaban J connectivity index is 1.51. The highest BCUT2D eigenvalue weighted by molar-refractivity contribution is 9.10. The number of pyridine rings is 1. The molecule has 1 aliphatic heterocycles. The van der Waals surface area contributed by atoms with Crippen LogP contribution in [0.2, 0.25) is 0 Å². The number of fused-ring (bicyclic) bond motifs is 1. The summed E-state index contributed by atoms with van der Waals surface area (Å²) in [6.45, 7) is 0.866. The third-order valence-electron chi connectivity index (χ3n) is 3.85. The van der Waals surface area contributed by atoms with Crippen molar-refractivity contribution in [3.8, 4) is 0 Å². The van der Waals surface area contributed by atoms with Gasteiger partial charge in [0.25, 0.3) is 0 Å². The Morgan fingerprint density at radius 2 is 2.12 bits per heavy atom. The molecular weight excluding hydrogens is 398 g/mol. The first-order valence-corrected chi connectivity index (χ1v) is 8.72. The summed E-state index contributed by atoms with van der Waals surface area (Å²) in [7, 11) is 0. The SMILES string of the molecule is O=C1OCc2ccc(Nc3ncc(Br)c(NCc4ccccn4)n3)cc21. The maximum atomic E-state index is 11.7. The third kappa shape index (κ3) is 3.50. The van der Waals surface area contributed by atoms with E-state index in [1.165, 1.54) is 0 Å². The summed E-state index contributed by atoms with van der Waals surface area (Å²) in [6, 6.07) is 11.2. The van der Waals surface area contributed by atoms with Crippen LogP contribution in [0.3, 0.4) is 0 Å². The fourth-order valence-electron chi connectivity index (χ4n) is 2.55. The van der Waals surface area contributed by atoms with Gasteiger partial charge >= 0.3 is 5.97 Å². The fraction of sp³-hybridized carbons (Fsp3) is 0.111. The molecule has 0 unspecified atom stereocenters. The highest BCUT2D eigenvalue weighted by atomic mass is 79.9. The van der Waals surface area contributed by atoms with Gasteiger partial charge in [-0.2, -0.15) is 4.98 Å². The number of nitrogens with zero attached hydrogens (tertiary/aromatic N) is 3. The monoisotopic (exact) mass is 411 g/mol. The number of aromatic nitrogens is 3. The van der Waals surface area contributed by atoms with Crippen LogP contribution in [0, 0.1) is 0 Å². The average Bonchev–Trinajstić information content (AvgIpc) is 3.03. The molecule has 0 amide bonds. The molecule has 2 N–H and O–H groups in total. The van der Waals surface area contributed by atoms with Crippen LogP contribution in [0.1, 0.15) is 21.6 Å². The number of ether oxygens (including phenoxy) is 1. The number of hydrogen-bond acceptors (Lipinski definition) is 7. The second kappa shape index (κ2) is 7.09. The van der Waals surface area contributed by atoms with Crippen LogP contribution in [-0.2, 0) is 17.9 Å². The lowest BCUT2D eigenvalue weighted by Gasteiger charge is -2.10. The molecule has 26 heavy (non-hydrogen) atoms. The Bertz CT molecular complexity index is 965. The molecule has 0 radical (unpaired) electrons. The summed E-state index contributed by atoms with van der Waals surface area (Å²) in [5.41, 5.74) is 3.08. The Labute approximate surface area is 158 Å². The lowest BCUT2D eigenvalue weighted by molar-refractivity contribution is 0.0535.